The molecule has 4 aromatic heterocycles. The smallest absolute Gasteiger partial charge is 0.393 e. The van der Waals surface area contributed by atoms with Crippen LogP contribution in [0.3, 0.4) is 0 Å². The van der Waals surface area contributed by atoms with Gasteiger partial charge in [0.05, 0.1) is 35.5 Å². The Kier molecular flexibility index (Phi) is 6.32. The number of carbonyl (C=O) groups excluding carboxylic acids is 1. The highest BCUT2D eigenvalue weighted by Crippen LogP contribution is 2.43. The lowest BCUT2D eigenvalue weighted by atomic mass is 9.82. The first-order valence-electron chi connectivity index (χ1n) is 12.3. The van der Waals surface area contributed by atoms with Gasteiger partial charge in [0.15, 0.2) is 0 Å². The van der Waals surface area contributed by atoms with Crippen LogP contribution >= 0.6 is 0 Å². The number of fused-ring (bicyclic) bond motifs is 3. The number of rotatable bonds is 6. The van der Waals surface area contributed by atoms with Gasteiger partial charge in [-0.25, -0.2) is 14.2 Å². The van der Waals surface area contributed by atoms with Gasteiger partial charge in [-0.05, 0) is 30.2 Å². The van der Waals surface area contributed by atoms with Crippen molar-refractivity contribution < 1.29 is 23.2 Å². The van der Waals surface area contributed by atoms with Crippen molar-refractivity contribution in [3.05, 3.63) is 83.4 Å². The zero-order valence-corrected chi connectivity index (χ0v) is 21.4. The lowest BCUT2D eigenvalue weighted by Gasteiger charge is -2.38. The number of hydrogen-bond acceptors (Lipinski definition) is 10. The number of alkyl carbamates (subject to hydrolysis) is 1. The number of nitrogens with zero attached hydrogens (tertiary/aromatic N) is 4. The van der Waals surface area contributed by atoms with E-state index in [1.807, 2.05) is 24.3 Å². The largest absolute Gasteiger partial charge is 0.413 e. The third-order valence-corrected chi connectivity index (χ3v) is 6.73. The summed E-state index contributed by atoms with van der Waals surface area (Å²) in [6, 6.07) is 10.0. The van der Waals surface area contributed by atoms with Crippen LogP contribution in [-0.4, -0.2) is 56.2 Å². The predicted molar refractivity (Wildman–Crippen MR) is 139 cm³/mol. The summed E-state index contributed by atoms with van der Waals surface area (Å²) in [4.78, 5) is 32.1. The van der Waals surface area contributed by atoms with Gasteiger partial charge < -0.3 is 29.3 Å². The number of aromatic nitrogens is 6. The number of nitrogens with one attached hydrogen (secondary N) is 5. The average molecular weight is 546 g/mol. The zero-order valence-electron chi connectivity index (χ0n) is 21.4. The molecule has 0 fully saturated rings. The number of aromatic amines is 2. The molecule has 1 aromatic carbocycles. The number of pyridine rings is 1. The number of imidazole rings is 1. The van der Waals surface area contributed by atoms with Crippen molar-refractivity contribution in [2.45, 2.75) is 24.6 Å². The van der Waals surface area contributed by atoms with Crippen LogP contribution in [0.5, 0.6) is 0 Å². The lowest BCUT2D eigenvalue weighted by molar-refractivity contribution is 0.151. The standard InChI is InChI=1S/C26H24FN9O4/c1-29-25(37)39-23(28)26(24-34-20(12-38-2)40-36-24)21-15(14-5-3-4-6-16(14)32-21)9-18(35-26)22-31-11-19(33-22)17-8-7-13(27)10-30-17/h3-8,10-11,18,28,32,35H,9,12H2,1-2H3,(H,29,37)(H,31,33)/t18-,26?/m1/s1. The normalized spacial score (nSPS) is 18.4. The van der Waals surface area contributed by atoms with E-state index in [2.05, 4.69) is 40.7 Å². The van der Waals surface area contributed by atoms with Crippen molar-refractivity contribution in [1.29, 1.82) is 5.41 Å². The van der Waals surface area contributed by atoms with Crippen molar-refractivity contribution in [3.63, 3.8) is 0 Å². The molecule has 6 rings (SSSR count). The highest BCUT2D eigenvalue weighted by molar-refractivity contribution is 5.98. The molecule has 2 atom stereocenters. The summed E-state index contributed by atoms with van der Waals surface area (Å²) in [5, 5.41) is 19.9. The first kappa shape index (κ1) is 25.3. The molecule has 1 aliphatic heterocycles. The number of hydrogen-bond donors (Lipinski definition) is 5. The summed E-state index contributed by atoms with van der Waals surface area (Å²) in [6.45, 7) is 0.0436. The molecule has 0 saturated carbocycles. The molecule has 1 unspecified atom stereocenters. The zero-order chi connectivity index (χ0) is 27.9. The van der Waals surface area contributed by atoms with Crippen molar-refractivity contribution in [3.8, 4) is 11.4 Å². The van der Waals surface area contributed by atoms with Gasteiger partial charge in [0.2, 0.25) is 17.3 Å². The van der Waals surface area contributed by atoms with Crippen molar-refractivity contribution in [2.24, 2.45) is 0 Å². The van der Waals surface area contributed by atoms with Gasteiger partial charge in [0, 0.05) is 25.1 Å². The molecule has 1 aliphatic rings. The van der Waals surface area contributed by atoms with Gasteiger partial charge in [-0.15, -0.1) is 0 Å². The van der Waals surface area contributed by atoms with E-state index in [1.165, 1.54) is 20.2 Å². The van der Waals surface area contributed by atoms with Gasteiger partial charge in [0.25, 0.3) is 5.89 Å². The first-order chi connectivity index (χ1) is 19.4. The summed E-state index contributed by atoms with van der Waals surface area (Å²) in [7, 11) is 2.89. The van der Waals surface area contributed by atoms with Gasteiger partial charge in [-0.3, -0.25) is 15.7 Å². The third kappa shape index (κ3) is 4.19. The average Bonchev–Trinajstić information content (AvgIpc) is 3.72. The van der Waals surface area contributed by atoms with Crippen molar-refractivity contribution in [2.75, 3.05) is 14.2 Å². The van der Waals surface area contributed by atoms with Crippen LogP contribution in [0.4, 0.5) is 9.18 Å². The van der Waals surface area contributed by atoms with Gasteiger partial charge in [0.1, 0.15) is 18.2 Å². The van der Waals surface area contributed by atoms with Crippen LogP contribution in [0.2, 0.25) is 0 Å². The van der Waals surface area contributed by atoms with Crippen molar-refractivity contribution in [1.82, 2.24) is 40.7 Å². The third-order valence-electron chi connectivity index (χ3n) is 6.73. The summed E-state index contributed by atoms with van der Waals surface area (Å²) < 4.78 is 29.4. The molecule has 0 spiro atoms. The number of para-hydroxylation sites is 1. The molecule has 0 saturated heterocycles. The summed E-state index contributed by atoms with van der Waals surface area (Å²) in [5.41, 5.74) is 1.58. The number of H-pyrrole nitrogens is 2. The van der Waals surface area contributed by atoms with Crippen LogP contribution in [0.25, 0.3) is 22.3 Å². The minimum absolute atomic E-state index is 0.0398. The van der Waals surface area contributed by atoms with Crippen molar-refractivity contribution >= 4 is 22.9 Å². The summed E-state index contributed by atoms with van der Waals surface area (Å²) >= 11 is 0. The Bertz CT molecular complexity index is 1710. The predicted octanol–water partition coefficient (Wildman–Crippen LogP) is 3.09. The molecule has 13 nitrogen and oxygen atoms in total. The quantitative estimate of drug-likeness (QED) is 0.158. The number of ether oxygens (including phenoxy) is 2. The number of methoxy groups -OCH3 is 1. The van der Waals surface area contributed by atoms with Crippen LogP contribution < -0.4 is 10.6 Å². The van der Waals surface area contributed by atoms with E-state index >= 15 is 0 Å². The highest BCUT2D eigenvalue weighted by atomic mass is 19.1. The van der Waals surface area contributed by atoms with Gasteiger partial charge in [-0.1, -0.05) is 23.4 Å². The molecule has 5 aromatic rings. The second kappa shape index (κ2) is 9.98. The second-order valence-electron chi connectivity index (χ2n) is 9.13. The number of carbonyl (C=O) groups is 1. The van der Waals surface area contributed by atoms with E-state index in [0.717, 1.165) is 22.7 Å². The Balaban J connectivity index is 1.53. The van der Waals surface area contributed by atoms with E-state index in [0.29, 0.717) is 29.3 Å². The molecular formula is C26H24FN9O4. The molecule has 5 N–H and O–H groups in total. The minimum Gasteiger partial charge on any atom is -0.393 e. The number of amides is 1. The Morgan fingerprint density at radius 2 is 2.08 bits per heavy atom. The van der Waals surface area contributed by atoms with Crippen LogP contribution in [0, 0.1) is 11.2 Å². The Labute approximate surface area is 226 Å². The molecule has 204 valence electrons. The highest BCUT2D eigenvalue weighted by Gasteiger charge is 2.53. The Morgan fingerprint density at radius 1 is 1.23 bits per heavy atom. The van der Waals surface area contributed by atoms with E-state index in [4.69, 9.17) is 19.4 Å². The van der Waals surface area contributed by atoms with Crippen LogP contribution in [0.15, 0.2) is 53.3 Å². The van der Waals surface area contributed by atoms with E-state index in [-0.39, 0.29) is 18.3 Å². The Morgan fingerprint density at radius 3 is 2.85 bits per heavy atom. The number of benzene rings is 1. The van der Waals surface area contributed by atoms with E-state index in [9.17, 15) is 9.18 Å². The maximum atomic E-state index is 13.4. The molecule has 1 amide bonds. The molecule has 0 radical (unpaired) electrons. The fourth-order valence-corrected chi connectivity index (χ4v) is 4.93. The fourth-order valence-electron chi connectivity index (χ4n) is 4.93. The molecule has 40 heavy (non-hydrogen) atoms. The minimum atomic E-state index is -1.68. The Hall–Kier alpha value is -4.95. The fraction of sp³-hybridized carbons (Fsp3) is 0.231. The van der Waals surface area contributed by atoms with Crippen LogP contribution in [-0.2, 0) is 28.0 Å². The summed E-state index contributed by atoms with van der Waals surface area (Å²) in [5.74, 6) is -0.209. The first-order valence-corrected chi connectivity index (χ1v) is 12.3. The van der Waals surface area contributed by atoms with Gasteiger partial charge in [-0.2, -0.15) is 4.98 Å². The topological polar surface area (TPSA) is 180 Å². The molecule has 14 heteroatoms. The maximum absolute atomic E-state index is 13.4. The van der Waals surface area contributed by atoms with E-state index < -0.39 is 29.4 Å². The number of halogens is 1. The molecular weight excluding hydrogens is 521 g/mol. The SMILES string of the molecule is CNC(=O)OC(=N)C1(c2noc(COC)n2)N[C@@H](c2ncc(-c3ccc(F)cn3)[nH]2)Cc2c1[nH]c1ccccc21. The molecule has 5 heterocycles. The second-order valence-corrected chi connectivity index (χ2v) is 9.13. The molecule has 0 bridgehead atoms. The van der Waals surface area contributed by atoms with E-state index in [1.54, 1.807) is 12.3 Å². The monoisotopic (exact) mass is 545 g/mol. The summed E-state index contributed by atoms with van der Waals surface area (Å²) in [6.07, 6.45) is 2.33. The molecule has 0 aliphatic carbocycles. The lowest BCUT2D eigenvalue weighted by Crippen LogP contribution is -2.57. The van der Waals surface area contributed by atoms with Crippen LogP contribution in [0.1, 0.15) is 34.8 Å². The maximum Gasteiger partial charge on any atom is 0.413 e. The van der Waals surface area contributed by atoms with Gasteiger partial charge >= 0.3 is 6.09 Å².